The Labute approximate surface area is 171 Å². The molecule has 0 spiro atoms. The number of halogens is 1. The fraction of sp³-hybridized carbons (Fsp3) is 0.350. The Balaban J connectivity index is 1.82. The van der Waals surface area contributed by atoms with Crippen molar-refractivity contribution < 1.29 is 19.2 Å². The Kier molecular flexibility index (Phi) is 5.09. The zero-order valence-electron chi connectivity index (χ0n) is 15.3. The highest BCUT2D eigenvalue weighted by molar-refractivity contribution is 9.10. The minimum absolute atomic E-state index is 0.431. The average molecular weight is 450 g/mol. The standard InChI is InChI=1S/C20H22BrN2O3S/c1-25-16-8-9-18(26-2)17(12-16)22-13-20(24,14-4-6-15(21)7-5-14)23-10-3-11-27-19(22)23/h4-9,12,24H,3,10-11,13H2,1-2H3/q+1. The number of anilines is 1. The molecular formula is C20H22BrN2O3S+. The maximum atomic E-state index is 11.7. The second kappa shape index (κ2) is 7.37. The van der Waals surface area contributed by atoms with Gasteiger partial charge in [0.1, 0.15) is 5.75 Å². The van der Waals surface area contributed by atoms with Crippen LogP contribution in [0.5, 0.6) is 11.5 Å². The van der Waals surface area contributed by atoms with Crippen LogP contribution in [-0.4, -0.2) is 47.9 Å². The van der Waals surface area contributed by atoms with Crippen LogP contribution in [0.3, 0.4) is 0 Å². The van der Waals surface area contributed by atoms with Gasteiger partial charge in [-0.25, -0.2) is 9.48 Å². The third-order valence-corrected chi connectivity index (χ3v) is 6.75. The molecule has 2 aromatic rings. The molecule has 0 amide bonds. The highest BCUT2D eigenvalue weighted by atomic mass is 79.9. The van der Waals surface area contributed by atoms with Gasteiger partial charge in [0.25, 0.3) is 5.72 Å². The highest BCUT2D eigenvalue weighted by Crippen LogP contribution is 2.42. The van der Waals surface area contributed by atoms with Crippen LogP contribution in [0.1, 0.15) is 12.0 Å². The first-order valence-corrected chi connectivity index (χ1v) is 10.6. The lowest BCUT2D eigenvalue weighted by atomic mass is 10.0. The van der Waals surface area contributed by atoms with E-state index >= 15 is 0 Å². The van der Waals surface area contributed by atoms with E-state index in [1.807, 2.05) is 42.5 Å². The third kappa shape index (κ3) is 3.22. The van der Waals surface area contributed by atoms with Gasteiger partial charge in [-0.2, -0.15) is 0 Å². The lowest BCUT2D eigenvalue weighted by Crippen LogP contribution is -2.41. The number of ether oxygens (including phenoxy) is 2. The fourth-order valence-corrected chi connectivity index (χ4v) is 5.10. The monoisotopic (exact) mass is 449 g/mol. The van der Waals surface area contributed by atoms with Crippen LogP contribution in [-0.2, 0) is 5.72 Å². The van der Waals surface area contributed by atoms with Crippen LogP contribution in [0.15, 0.2) is 46.9 Å². The van der Waals surface area contributed by atoms with Crippen LogP contribution in [0, 0.1) is 0 Å². The first kappa shape index (κ1) is 18.7. The lowest BCUT2D eigenvalue weighted by molar-refractivity contribution is -0.656. The molecule has 4 rings (SSSR count). The Morgan fingerprint density at radius 1 is 1.15 bits per heavy atom. The fourth-order valence-electron chi connectivity index (χ4n) is 3.66. The first-order valence-electron chi connectivity index (χ1n) is 8.82. The van der Waals surface area contributed by atoms with E-state index in [9.17, 15) is 5.11 Å². The molecule has 0 bridgehead atoms. The van der Waals surface area contributed by atoms with Crippen molar-refractivity contribution in [1.29, 1.82) is 0 Å². The molecule has 0 aromatic heterocycles. The van der Waals surface area contributed by atoms with Gasteiger partial charge in [0, 0.05) is 21.9 Å². The predicted octanol–water partition coefficient (Wildman–Crippen LogP) is 3.64. The summed E-state index contributed by atoms with van der Waals surface area (Å²) in [5.41, 5.74) is 0.701. The molecular weight excluding hydrogens is 428 g/mol. The van der Waals surface area contributed by atoms with Crippen molar-refractivity contribution in [2.75, 3.05) is 38.0 Å². The van der Waals surface area contributed by atoms with Gasteiger partial charge in [0.15, 0.2) is 18.0 Å². The summed E-state index contributed by atoms with van der Waals surface area (Å²) in [5, 5.41) is 12.8. The summed E-state index contributed by atoms with van der Waals surface area (Å²) in [7, 11) is 3.32. The van der Waals surface area contributed by atoms with Crippen LogP contribution in [0.2, 0.25) is 0 Å². The minimum atomic E-state index is -1.09. The largest absolute Gasteiger partial charge is 0.497 e. The quantitative estimate of drug-likeness (QED) is 0.721. The number of nitrogens with zero attached hydrogens (tertiary/aromatic N) is 2. The minimum Gasteiger partial charge on any atom is -0.497 e. The summed E-state index contributed by atoms with van der Waals surface area (Å²) in [6.07, 6.45) is 1.04. The third-order valence-electron chi connectivity index (χ3n) is 5.03. The van der Waals surface area contributed by atoms with Crippen LogP contribution in [0.4, 0.5) is 5.69 Å². The van der Waals surface area contributed by atoms with Crippen LogP contribution >= 0.6 is 27.7 Å². The molecule has 0 radical (unpaired) electrons. The van der Waals surface area contributed by atoms with Crippen molar-refractivity contribution in [2.45, 2.75) is 12.1 Å². The summed E-state index contributed by atoms with van der Waals surface area (Å²) in [6.45, 7) is 1.25. The zero-order chi connectivity index (χ0) is 19.0. The second-order valence-electron chi connectivity index (χ2n) is 6.58. The van der Waals surface area contributed by atoms with E-state index in [1.165, 1.54) is 0 Å². The van der Waals surface area contributed by atoms with E-state index in [-0.39, 0.29) is 0 Å². The molecule has 0 saturated carbocycles. The molecule has 2 aliphatic rings. The SMILES string of the molecule is COc1ccc(OC)c(N2CC(O)(c3ccc(Br)cc3)[N+]3=C2SCCC3)c1. The molecule has 1 unspecified atom stereocenters. The molecule has 1 atom stereocenters. The summed E-state index contributed by atoms with van der Waals surface area (Å²) in [4.78, 5) is 2.15. The molecule has 0 fully saturated rings. The lowest BCUT2D eigenvalue weighted by Gasteiger charge is -2.24. The van der Waals surface area contributed by atoms with Crippen LogP contribution in [0.25, 0.3) is 0 Å². The number of benzene rings is 2. The van der Waals surface area contributed by atoms with E-state index in [4.69, 9.17) is 9.47 Å². The maximum Gasteiger partial charge on any atom is 0.316 e. The van der Waals surface area contributed by atoms with Gasteiger partial charge >= 0.3 is 5.17 Å². The molecule has 142 valence electrons. The van der Waals surface area contributed by atoms with E-state index in [0.29, 0.717) is 6.54 Å². The molecule has 7 heteroatoms. The number of thioether (sulfide) groups is 1. The average Bonchev–Trinajstić information content (AvgIpc) is 3.02. The van der Waals surface area contributed by atoms with E-state index in [0.717, 1.165) is 51.1 Å². The topological polar surface area (TPSA) is 44.9 Å². The molecule has 2 aliphatic heterocycles. The smallest absolute Gasteiger partial charge is 0.316 e. The Hall–Kier alpha value is -1.70. The van der Waals surface area contributed by atoms with E-state index in [1.54, 1.807) is 26.0 Å². The number of hydrogen-bond donors (Lipinski definition) is 1. The molecule has 2 aromatic carbocycles. The van der Waals surface area contributed by atoms with Crippen molar-refractivity contribution in [2.24, 2.45) is 0 Å². The maximum absolute atomic E-state index is 11.7. The van der Waals surface area contributed by atoms with Gasteiger partial charge in [0.05, 0.1) is 20.8 Å². The van der Waals surface area contributed by atoms with Crippen LogP contribution < -0.4 is 14.4 Å². The first-order chi connectivity index (χ1) is 13.1. The number of rotatable bonds is 4. The number of hydrogen-bond acceptors (Lipinski definition) is 5. The molecule has 27 heavy (non-hydrogen) atoms. The Morgan fingerprint density at radius 2 is 1.93 bits per heavy atom. The Bertz CT molecular complexity index is 887. The zero-order valence-corrected chi connectivity index (χ0v) is 17.7. The molecule has 2 heterocycles. The summed E-state index contributed by atoms with van der Waals surface area (Å²) in [5.74, 6) is 2.55. The summed E-state index contributed by atoms with van der Waals surface area (Å²) >= 11 is 5.25. The summed E-state index contributed by atoms with van der Waals surface area (Å²) < 4.78 is 14.1. The van der Waals surface area contributed by atoms with E-state index in [2.05, 4.69) is 25.4 Å². The number of amidine groups is 1. The van der Waals surface area contributed by atoms with Crippen molar-refractivity contribution >= 4 is 38.5 Å². The normalized spacial score (nSPS) is 22.0. The van der Waals surface area contributed by atoms with Gasteiger partial charge in [-0.15, -0.1) is 0 Å². The van der Waals surface area contributed by atoms with Gasteiger partial charge < -0.3 is 14.6 Å². The number of methoxy groups -OCH3 is 2. The Morgan fingerprint density at radius 3 is 2.63 bits per heavy atom. The highest BCUT2D eigenvalue weighted by Gasteiger charge is 2.53. The predicted molar refractivity (Wildman–Crippen MR) is 112 cm³/mol. The van der Waals surface area contributed by atoms with Crippen molar-refractivity contribution in [1.82, 2.24) is 0 Å². The summed E-state index contributed by atoms with van der Waals surface area (Å²) in [6, 6.07) is 13.7. The molecule has 0 aliphatic carbocycles. The number of aliphatic hydroxyl groups is 1. The van der Waals surface area contributed by atoms with Gasteiger partial charge in [-0.1, -0.05) is 28.1 Å². The van der Waals surface area contributed by atoms with E-state index < -0.39 is 5.72 Å². The van der Waals surface area contributed by atoms with Gasteiger partial charge in [-0.3, -0.25) is 0 Å². The number of β-amino-alcohol motifs (C(OH)–C–C–N with tert-alkyl or cyclic N) is 1. The molecule has 0 saturated heterocycles. The molecule has 1 N–H and O–H groups in total. The molecule has 5 nitrogen and oxygen atoms in total. The van der Waals surface area contributed by atoms with Gasteiger partial charge in [0.2, 0.25) is 0 Å². The van der Waals surface area contributed by atoms with Crippen molar-refractivity contribution in [3.8, 4) is 11.5 Å². The van der Waals surface area contributed by atoms with Crippen molar-refractivity contribution in [3.63, 3.8) is 0 Å². The van der Waals surface area contributed by atoms with Gasteiger partial charge in [-0.05, 0) is 42.4 Å². The van der Waals surface area contributed by atoms with Crippen molar-refractivity contribution in [3.05, 3.63) is 52.5 Å². The second-order valence-corrected chi connectivity index (χ2v) is 8.56.